The Labute approximate surface area is 129 Å². The van der Waals surface area contributed by atoms with Crippen LogP contribution >= 0.6 is 0 Å². The Balaban J connectivity index is 1.72. The third kappa shape index (κ3) is 3.22. The summed E-state index contributed by atoms with van der Waals surface area (Å²) in [5.74, 6) is 1.99. The molecule has 0 radical (unpaired) electrons. The zero-order valence-electron chi connectivity index (χ0n) is 12.5. The molecule has 0 aromatic heterocycles. The van der Waals surface area contributed by atoms with Crippen molar-refractivity contribution < 1.29 is 19.0 Å². The summed E-state index contributed by atoms with van der Waals surface area (Å²) in [5.41, 5.74) is 1.05. The molecular formula is C18H18O4. The third-order valence-corrected chi connectivity index (χ3v) is 3.51. The van der Waals surface area contributed by atoms with Gasteiger partial charge in [0, 0.05) is 0 Å². The molecule has 114 valence electrons. The van der Waals surface area contributed by atoms with Crippen LogP contribution in [-0.4, -0.2) is 18.7 Å². The second kappa shape index (κ2) is 6.52. The Hall–Kier alpha value is -2.49. The van der Waals surface area contributed by atoms with E-state index in [1.807, 2.05) is 48.5 Å². The van der Waals surface area contributed by atoms with Crippen molar-refractivity contribution >= 4 is 5.97 Å². The SMILES string of the molecule is CCOC(=O)[C@H]1CCc2cc(Oc3ccccc3)ccc2O1. The zero-order valence-corrected chi connectivity index (χ0v) is 12.5. The summed E-state index contributed by atoms with van der Waals surface area (Å²) in [6.07, 6.45) is 0.888. The molecular weight excluding hydrogens is 280 g/mol. The number of esters is 1. The Morgan fingerprint density at radius 3 is 2.77 bits per heavy atom. The number of benzene rings is 2. The van der Waals surface area contributed by atoms with Gasteiger partial charge in [0.05, 0.1) is 6.61 Å². The van der Waals surface area contributed by atoms with Gasteiger partial charge in [-0.25, -0.2) is 4.79 Å². The molecule has 1 atom stereocenters. The van der Waals surface area contributed by atoms with Gasteiger partial charge in [-0.05, 0) is 55.7 Å². The van der Waals surface area contributed by atoms with Gasteiger partial charge in [-0.15, -0.1) is 0 Å². The van der Waals surface area contributed by atoms with E-state index in [1.54, 1.807) is 6.92 Å². The number of carbonyl (C=O) groups excluding carboxylic acids is 1. The molecule has 1 heterocycles. The van der Waals surface area contributed by atoms with Crippen LogP contribution in [0.5, 0.6) is 17.2 Å². The molecule has 0 fully saturated rings. The van der Waals surface area contributed by atoms with E-state index < -0.39 is 6.10 Å². The van der Waals surface area contributed by atoms with Crippen LogP contribution in [0.3, 0.4) is 0 Å². The number of para-hydroxylation sites is 1. The first kappa shape index (κ1) is 14.4. The topological polar surface area (TPSA) is 44.8 Å². The predicted octanol–water partition coefficient (Wildman–Crippen LogP) is 3.74. The number of ether oxygens (including phenoxy) is 3. The Bertz CT molecular complexity index is 651. The van der Waals surface area contributed by atoms with E-state index >= 15 is 0 Å². The van der Waals surface area contributed by atoms with Crippen LogP contribution in [0.25, 0.3) is 0 Å². The quantitative estimate of drug-likeness (QED) is 0.807. The van der Waals surface area contributed by atoms with Gasteiger partial charge in [-0.1, -0.05) is 18.2 Å². The maximum absolute atomic E-state index is 11.7. The lowest BCUT2D eigenvalue weighted by Gasteiger charge is -2.24. The second-order valence-electron chi connectivity index (χ2n) is 5.08. The van der Waals surface area contributed by atoms with Crippen LogP contribution in [-0.2, 0) is 16.0 Å². The van der Waals surface area contributed by atoms with Gasteiger partial charge in [-0.2, -0.15) is 0 Å². The largest absolute Gasteiger partial charge is 0.478 e. The monoisotopic (exact) mass is 298 g/mol. The molecule has 1 aliphatic rings. The minimum atomic E-state index is -0.506. The maximum Gasteiger partial charge on any atom is 0.347 e. The van der Waals surface area contributed by atoms with Gasteiger partial charge in [0.15, 0.2) is 6.10 Å². The number of hydrogen-bond acceptors (Lipinski definition) is 4. The minimum Gasteiger partial charge on any atom is -0.478 e. The normalized spacial score (nSPS) is 16.3. The van der Waals surface area contributed by atoms with Crippen molar-refractivity contribution in [2.75, 3.05) is 6.61 Å². The molecule has 4 heteroatoms. The maximum atomic E-state index is 11.7. The smallest absolute Gasteiger partial charge is 0.347 e. The minimum absolute atomic E-state index is 0.294. The number of aryl methyl sites for hydroxylation is 1. The van der Waals surface area contributed by atoms with E-state index in [-0.39, 0.29) is 5.97 Å². The number of rotatable bonds is 4. The van der Waals surface area contributed by atoms with Crippen molar-refractivity contribution in [2.45, 2.75) is 25.9 Å². The van der Waals surface area contributed by atoms with Crippen molar-refractivity contribution in [1.82, 2.24) is 0 Å². The first-order valence-electron chi connectivity index (χ1n) is 7.45. The number of fused-ring (bicyclic) bond motifs is 1. The summed E-state index contributed by atoms with van der Waals surface area (Å²) in [7, 11) is 0. The highest BCUT2D eigenvalue weighted by atomic mass is 16.6. The Morgan fingerprint density at radius 1 is 1.18 bits per heavy atom. The van der Waals surface area contributed by atoms with Crippen LogP contribution in [0.2, 0.25) is 0 Å². The highest BCUT2D eigenvalue weighted by molar-refractivity contribution is 5.75. The third-order valence-electron chi connectivity index (χ3n) is 3.51. The van der Waals surface area contributed by atoms with Crippen LogP contribution in [0.15, 0.2) is 48.5 Å². The fourth-order valence-corrected chi connectivity index (χ4v) is 2.45. The van der Waals surface area contributed by atoms with Crippen molar-refractivity contribution in [3.8, 4) is 17.2 Å². The molecule has 4 nitrogen and oxygen atoms in total. The molecule has 0 spiro atoms. The van der Waals surface area contributed by atoms with E-state index in [1.165, 1.54) is 0 Å². The van der Waals surface area contributed by atoms with E-state index in [4.69, 9.17) is 14.2 Å². The number of carbonyl (C=O) groups is 1. The lowest BCUT2D eigenvalue weighted by atomic mass is 10.0. The van der Waals surface area contributed by atoms with Crippen LogP contribution in [0, 0.1) is 0 Å². The number of hydrogen-bond donors (Lipinski definition) is 0. The highest BCUT2D eigenvalue weighted by Gasteiger charge is 2.27. The summed E-state index contributed by atoms with van der Waals surface area (Å²) in [6.45, 7) is 2.16. The van der Waals surface area contributed by atoms with Gasteiger partial charge < -0.3 is 14.2 Å². The molecule has 22 heavy (non-hydrogen) atoms. The van der Waals surface area contributed by atoms with Crippen molar-refractivity contribution in [2.24, 2.45) is 0 Å². The fourth-order valence-electron chi connectivity index (χ4n) is 2.45. The molecule has 0 bridgehead atoms. The summed E-state index contributed by atoms with van der Waals surface area (Å²) < 4.78 is 16.5. The van der Waals surface area contributed by atoms with E-state index in [0.29, 0.717) is 13.0 Å². The molecule has 0 amide bonds. The molecule has 1 aliphatic heterocycles. The zero-order chi connectivity index (χ0) is 15.4. The van der Waals surface area contributed by atoms with Crippen LogP contribution in [0.1, 0.15) is 18.9 Å². The standard InChI is InChI=1S/C18H18O4/c1-2-20-18(19)17-10-8-13-12-15(9-11-16(13)22-17)21-14-6-4-3-5-7-14/h3-7,9,11-12,17H,2,8,10H2,1H3/t17-/m1/s1. The molecule has 2 aromatic rings. The lowest BCUT2D eigenvalue weighted by Crippen LogP contribution is -2.32. The lowest BCUT2D eigenvalue weighted by molar-refractivity contribution is -0.152. The van der Waals surface area contributed by atoms with E-state index in [2.05, 4.69) is 0 Å². The molecule has 0 N–H and O–H groups in total. The van der Waals surface area contributed by atoms with Crippen LogP contribution < -0.4 is 9.47 Å². The fraction of sp³-hybridized carbons (Fsp3) is 0.278. The Kier molecular flexibility index (Phi) is 4.28. The summed E-state index contributed by atoms with van der Waals surface area (Å²) in [4.78, 5) is 11.7. The molecule has 0 unspecified atom stereocenters. The van der Waals surface area contributed by atoms with Gasteiger partial charge >= 0.3 is 5.97 Å². The second-order valence-corrected chi connectivity index (χ2v) is 5.08. The van der Waals surface area contributed by atoms with Crippen molar-refractivity contribution in [3.05, 3.63) is 54.1 Å². The van der Waals surface area contributed by atoms with Gasteiger partial charge in [0.25, 0.3) is 0 Å². The summed E-state index contributed by atoms with van der Waals surface area (Å²) in [5, 5.41) is 0. The summed E-state index contributed by atoms with van der Waals surface area (Å²) >= 11 is 0. The van der Waals surface area contributed by atoms with Crippen molar-refractivity contribution in [1.29, 1.82) is 0 Å². The van der Waals surface area contributed by atoms with Gasteiger partial charge in [0.2, 0.25) is 0 Å². The van der Waals surface area contributed by atoms with Gasteiger partial charge in [-0.3, -0.25) is 0 Å². The molecule has 0 saturated heterocycles. The molecule has 0 saturated carbocycles. The van der Waals surface area contributed by atoms with Crippen LogP contribution in [0.4, 0.5) is 0 Å². The average Bonchev–Trinajstić information content (AvgIpc) is 2.55. The first-order chi connectivity index (χ1) is 10.8. The van der Waals surface area contributed by atoms with E-state index in [9.17, 15) is 4.79 Å². The molecule has 0 aliphatic carbocycles. The van der Waals surface area contributed by atoms with E-state index in [0.717, 1.165) is 29.2 Å². The molecule has 3 rings (SSSR count). The summed E-state index contributed by atoms with van der Waals surface area (Å²) in [6, 6.07) is 15.3. The predicted molar refractivity (Wildman–Crippen MR) is 82.3 cm³/mol. The van der Waals surface area contributed by atoms with Crippen molar-refractivity contribution in [3.63, 3.8) is 0 Å². The average molecular weight is 298 g/mol. The molecule has 2 aromatic carbocycles. The van der Waals surface area contributed by atoms with Gasteiger partial charge in [0.1, 0.15) is 17.2 Å². The first-order valence-corrected chi connectivity index (χ1v) is 7.45. The highest BCUT2D eigenvalue weighted by Crippen LogP contribution is 2.32. The Morgan fingerprint density at radius 2 is 2.00 bits per heavy atom.